The van der Waals surface area contributed by atoms with Crippen LogP contribution >= 0.6 is 0 Å². The molecule has 2 aromatic rings. The van der Waals surface area contributed by atoms with Gasteiger partial charge in [0.15, 0.2) is 0 Å². The minimum Gasteiger partial charge on any atom is -1.00 e. The second kappa shape index (κ2) is 13.8. The van der Waals surface area contributed by atoms with E-state index >= 15 is 0 Å². The molecule has 0 radical (unpaired) electrons. The normalized spacial score (nSPS) is 8.00. The van der Waals surface area contributed by atoms with Gasteiger partial charge in [-0.3, -0.25) is 0 Å². The molecule has 112 valence electrons. The second-order valence-electron chi connectivity index (χ2n) is 4.72. The Balaban J connectivity index is -0.000000228. The van der Waals surface area contributed by atoms with Gasteiger partial charge in [0.2, 0.25) is 0 Å². The van der Waals surface area contributed by atoms with Crippen molar-refractivity contribution in [2.24, 2.45) is 0 Å². The van der Waals surface area contributed by atoms with Crippen LogP contribution in [0.3, 0.4) is 0 Å². The first-order valence-corrected chi connectivity index (χ1v) is 7.02. The maximum Gasteiger partial charge on any atom is -0.0630 e. The van der Waals surface area contributed by atoms with E-state index in [0.717, 1.165) is 0 Å². The predicted octanol–water partition coefficient (Wildman–Crippen LogP) is -1.20. The fraction of sp³-hybridized carbons (Fsp3) is 0.353. The Labute approximate surface area is 148 Å². The fourth-order valence-corrected chi connectivity index (χ4v) is 1.45. The summed E-state index contributed by atoms with van der Waals surface area (Å²) >= 11 is 2.08. The first-order valence-electron chi connectivity index (χ1n) is 6.24. The van der Waals surface area contributed by atoms with Gasteiger partial charge < -0.3 is 24.8 Å². The average Bonchev–Trinajstić information content (AvgIpc) is 2.89. The van der Waals surface area contributed by atoms with Crippen LogP contribution in [-0.2, 0) is 20.0 Å². The molecule has 0 aliphatic carbocycles. The van der Waals surface area contributed by atoms with Crippen molar-refractivity contribution in [2.45, 2.75) is 41.5 Å². The number of hydrogen-bond donors (Lipinski definition) is 0. The van der Waals surface area contributed by atoms with Gasteiger partial charge in [-0.15, -0.1) is 0 Å². The van der Waals surface area contributed by atoms with Crippen LogP contribution in [0.15, 0.2) is 36.4 Å². The standard InChI is InChI=1S/C9H13.C5H5.C3H6.2ClH.Ti/c1-6-5-7(2)9(4)8(6)3;1-2-4-5-3-1;1-3-2;;;/h5H,1-4H3;1-5H;1-2H3;2*1H;/q2*-1;;;;+2/p-2. The summed E-state index contributed by atoms with van der Waals surface area (Å²) in [6, 6.07) is 12.2. The van der Waals surface area contributed by atoms with E-state index in [-0.39, 0.29) is 24.8 Å². The zero-order valence-electron chi connectivity index (χ0n) is 13.2. The van der Waals surface area contributed by atoms with E-state index in [1.807, 2.05) is 30.3 Å². The molecule has 0 unspecified atom stereocenters. The van der Waals surface area contributed by atoms with E-state index in [2.05, 4.69) is 67.6 Å². The van der Waals surface area contributed by atoms with Crippen LogP contribution in [0.1, 0.15) is 36.1 Å². The molecule has 0 aromatic heterocycles. The van der Waals surface area contributed by atoms with Gasteiger partial charge in [0.05, 0.1) is 0 Å². The molecule has 0 fully saturated rings. The molecule has 0 heterocycles. The van der Waals surface area contributed by atoms with Crippen molar-refractivity contribution >= 4 is 3.81 Å². The summed E-state index contributed by atoms with van der Waals surface area (Å²) in [4.78, 5) is 0. The molecule has 0 N–H and O–H groups in total. The van der Waals surface area contributed by atoms with E-state index in [1.54, 1.807) is 0 Å². The Kier molecular flexibility index (Phi) is 17.2. The van der Waals surface area contributed by atoms with Gasteiger partial charge in [0.1, 0.15) is 0 Å². The predicted molar refractivity (Wildman–Crippen MR) is 79.4 cm³/mol. The van der Waals surface area contributed by atoms with E-state index in [1.165, 1.54) is 26.1 Å². The number of aryl methyl sites for hydroxylation is 2. The fourth-order valence-electron chi connectivity index (χ4n) is 1.45. The summed E-state index contributed by atoms with van der Waals surface area (Å²) in [7, 11) is 0. The third-order valence-electron chi connectivity index (χ3n) is 2.73. The van der Waals surface area contributed by atoms with Crippen LogP contribution in [0.25, 0.3) is 0 Å². The molecule has 0 saturated carbocycles. The molecule has 3 heteroatoms. The molecule has 0 spiro atoms. The van der Waals surface area contributed by atoms with Gasteiger partial charge in [-0.1, -0.05) is 27.7 Å². The Morgan fingerprint density at radius 1 is 1.05 bits per heavy atom. The number of rotatable bonds is 0. The van der Waals surface area contributed by atoms with Gasteiger partial charge in [-0.25, -0.2) is 12.1 Å². The maximum absolute atomic E-state index is 2.24. The van der Waals surface area contributed by atoms with Crippen LogP contribution in [0.4, 0.5) is 0 Å². The van der Waals surface area contributed by atoms with Gasteiger partial charge >= 0.3 is 37.6 Å². The Morgan fingerprint density at radius 3 is 1.55 bits per heavy atom. The first-order chi connectivity index (χ1) is 8.36. The number of hydrogen-bond acceptors (Lipinski definition) is 0. The second-order valence-corrected chi connectivity index (χ2v) is 6.28. The summed E-state index contributed by atoms with van der Waals surface area (Å²) < 4.78 is 1.42. The quantitative estimate of drug-likeness (QED) is 0.415. The number of halogens is 2. The summed E-state index contributed by atoms with van der Waals surface area (Å²) in [6.45, 7) is 12.8. The minimum atomic E-state index is 0. The third-order valence-corrected chi connectivity index (χ3v) is 2.73. The Hall–Kier alpha value is -0.136. The van der Waals surface area contributed by atoms with Crippen molar-refractivity contribution < 1.29 is 44.8 Å². The van der Waals surface area contributed by atoms with Gasteiger partial charge in [-0.2, -0.15) is 46.5 Å². The van der Waals surface area contributed by atoms with E-state index in [0.29, 0.717) is 0 Å². The molecule has 0 amide bonds. The van der Waals surface area contributed by atoms with E-state index < -0.39 is 0 Å². The molecule has 2 rings (SSSR count). The van der Waals surface area contributed by atoms with Crippen molar-refractivity contribution in [2.75, 3.05) is 0 Å². The topological polar surface area (TPSA) is 0 Å². The van der Waals surface area contributed by atoms with Crippen molar-refractivity contribution in [1.29, 1.82) is 0 Å². The SMILES string of the molecule is C[C](C)=[Ti+2].Cc1c[c-](C)c(C)c1C.[Cl-].[Cl-].c1cc[cH-]c1. The summed E-state index contributed by atoms with van der Waals surface area (Å²) in [6.07, 6.45) is 0. The maximum atomic E-state index is 2.24. The molecule has 20 heavy (non-hydrogen) atoms. The van der Waals surface area contributed by atoms with Crippen molar-refractivity contribution in [3.05, 3.63) is 58.7 Å². The smallest absolute Gasteiger partial charge is 0.0630 e. The molecular formula is C17H24Cl2Ti-2. The Morgan fingerprint density at radius 2 is 1.45 bits per heavy atom. The molecular weight excluding hydrogens is 323 g/mol. The van der Waals surface area contributed by atoms with Crippen LogP contribution in [-0.4, -0.2) is 3.81 Å². The zero-order chi connectivity index (χ0) is 14.1. The minimum absolute atomic E-state index is 0. The van der Waals surface area contributed by atoms with E-state index in [9.17, 15) is 0 Å². The molecule has 0 aliphatic rings. The van der Waals surface area contributed by atoms with Gasteiger partial charge in [-0.05, 0) is 0 Å². The molecule has 0 bridgehead atoms. The van der Waals surface area contributed by atoms with Crippen LogP contribution < -0.4 is 24.8 Å². The van der Waals surface area contributed by atoms with Crippen molar-refractivity contribution in [1.82, 2.24) is 0 Å². The van der Waals surface area contributed by atoms with Crippen LogP contribution in [0.5, 0.6) is 0 Å². The molecule has 0 nitrogen and oxygen atoms in total. The monoisotopic (exact) mass is 346 g/mol. The summed E-state index contributed by atoms with van der Waals surface area (Å²) in [5, 5.41) is 0. The summed E-state index contributed by atoms with van der Waals surface area (Å²) in [5.74, 6) is 0. The van der Waals surface area contributed by atoms with Crippen LogP contribution in [0, 0.1) is 27.7 Å². The van der Waals surface area contributed by atoms with Crippen molar-refractivity contribution in [3.8, 4) is 0 Å². The average molecular weight is 347 g/mol. The largest absolute Gasteiger partial charge is 1.00 e. The van der Waals surface area contributed by atoms with Crippen molar-refractivity contribution in [3.63, 3.8) is 0 Å². The molecule has 0 saturated heterocycles. The van der Waals surface area contributed by atoms with Gasteiger partial charge in [0.25, 0.3) is 0 Å². The third kappa shape index (κ3) is 11.7. The molecule has 2 aromatic carbocycles. The van der Waals surface area contributed by atoms with Crippen LogP contribution in [0.2, 0.25) is 0 Å². The van der Waals surface area contributed by atoms with Gasteiger partial charge in [0, 0.05) is 0 Å². The summed E-state index contributed by atoms with van der Waals surface area (Å²) in [5.41, 5.74) is 5.75. The Bertz CT molecular complexity index is 410. The zero-order valence-corrected chi connectivity index (χ0v) is 16.3. The molecule has 0 aliphatic heterocycles. The van der Waals surface area contributed by atoms with E-state index in [4.69, 9.17) is 0 Å². The molecule has 0 atom stereocenters. The first kappa shape index (κ1) is 24.9.